The topological polar surface area (TPSA) is 15.6 Å². The molecule has 0 radical (unpaired) electrons. The first-order valence-corrected chi connectivity index (χ1v) is 7.52. The van der Waals surface area contributed by atoms with Gasteiger partial charge in [0.25, 0.3) is 0 Å². The Kier molecular flexibility index (Phi) is 3.73. The minimum absolute atomic E-state index is 0.0129. The Morgan fingerprint density at radius 1 is 1.10 bits per heavy atom. The van der Waals surface area contributed by atoms with Gasteiger partial charge in [-0.15, -0.1) is 0 Å². The average Bonchev–Trinajstić information content (AvgIpc) is 2.46. The van der Waals surface area contributed by atoms with Gasteiger partial charge in [-0.05, 0) is 29.7 Å². The molecule has 0 aliphatic carbocycles. The highest BCUT2D eigenvalue weighted by molar-refractivity contribution is 6.31. The van der Waals surface area contributed by atoms with Gasteiger partial charge < -0.3 is 4.90 Å². The molecule has 3 heteroatoms. The van der Waals surface area contributed by atoms with Crippen molar-refractivity contribution >= 4 is 17.4 Å². The van der Waals surface area contributed by atoms with E-state index in [-0.39, 0.29) is 6.04 Å². The van der Waals surface area contributed by atoms with E-state index in [4.69, 9.17) is 16.6 Å². The molecule has 0 N–H and O–H groups in total. The minimum atomic E-state index is -0.0129. The number of hydrogen-bond acceptors (Lipinski definition) is 2. The van der Waals surface area contributed by atoms with Crippen LogP contribution in [0.25, 0.3) is 0 Å². The maximum atomic E-state index is 6.47. The van der Waals surface area contributed by atoms with Crippen LogP contribution in [0.5, 0.6) is 0 Å². The third kappa shape index (κ3) is 2.56. The zero-order chi connectivity index (χ0) is 15.0. The standard InChI is InChI=1S/C18H19ClN2/c1-12-7-6-10-15(19)17(12)18-14-9-5-4-8-13(14)11-16(20-18)21(2)3/h4-10,18H,11H2,1-3H3. The third-order valence-corrected chi connectivity index (χ3v) is 4.37. The summed E-state index contributed by atoms with van der Waals surface area (Å²) < 4.78 is 0. The SMILES string of the molecule is Cc1cccc(Cl)c1C1N=C(N(C)C)Cc2ccccc21. The number of likely N-dealkylation sites (N-methyl/N-ethyl adjacent to an activating group) is 1. The first-order valence-electron chi connectivity index (χ1n) is 7.14. The molecule has 1 heterocycles. The molecule has 21 heavy (non-hydrogen) atoms. The predicted octanol–water partition coefficient (Wildman–Crippen LogP) is 4.25. The number of aliphatic imine (C=N–C) groups is 1. The average molecular weight is 299 g/mol. The van der Waals surface area contributed by atoms with Crippen molar-refractivity contribution in [3.05, 3.63) is 69.7 Å². The van der Waals surface area contributed by atoms with Crippen molar-refractivity contribution in [3.63, 3.8) is 0 Å². The van der Waals surface area contributed by atoms with Crippen LogP contribution >= 0.6 is 11.6 Å². The predicted molar refractivity (Wildman–Crippen MR) is 89.3 cm³/mol. The van der Waals surface area contributed by atoms with Crippen LogP contribution in [0.4, 0.5) is 0 Å². The largest absolute Gasteiger partial charge is 0.366 e. The Labute approximate surface area is 131 Å². The number of nitrogens with zero attached hydrogens (tertiary/aromatic N) is 2. The van der Waals surface area contributed by atoms with Gasteiger partial charge in [-0.1, -0.05) is 48.0 Å². The van der Waals surface area contributed by atoms with Gasteiger partial charge >= 0.3 is 0 Å². The number of halogens is 1. The molecule has 0 fully saturated rings. The Morgan fingerprint density at radius 3 is 2.57 bits per heavy atom. The quantitative estimate of drug-likeness (QED) is 0.768. The molecule has 0 spiro atoms. The third-order valence-electron chi connectivity index (χ3n) is 4.04. The van der Waals surface area contributed by atoms with Gasteiger partial charge in [-0.2, -0.15) is 0 Å². The summed E-state index contributed by atoms with van der Waals surface area (Å²) in [6, 6.07) is 14.6. The molecule has 2 aromatic carbocycles. The van der Waals surface area contributed by atoms with Crippen molar-refractivity contribution in [1.29, 1.82) is 0 Å². The molecule has 0 aromatic heterocycles. The molecule has 108 valence electrons. The first-order chi connectivity index (χ1) is 10.1. The van der Waals surface area contributed by atoms with Gasteiger partial charge in [0.1, 0.15) is 11.9 Å². The summed E-state index contributed by atoms with van der Waals surface area (Å²) in [7, 11) is 4.09. The molecule has 1 atom stereocenters. The maximum absolute atomic E-state index is 6.47. The molecular formula is C18H19ClN2. The highest BCUT2D eigenvalue weighted by Crippen LogP contribution is 2.38. The van der Waals surface area contributed by atoms with Gasteiger partial charge in [0.15, 0.2) is 0 Å². The molecule has 1 unspecified atom stereocenters. The molecule has 0 saturated carbocycles. The van der Waals surface area contributed by atoms with Crippen molar-refractivity contribution in [3.8, 4) is 0 Å². The second-order valence-corrected chi connectivity index (χ2v) is 6.10. The molecule has 0 saturated heterocycles. The van der Waals surface area contributed by atoms with Crippen molar-refractivity contribution in [2.45, 2.75) is 19.4 Å². The lowest BCUT2D eigenvalue weighted by Gasteiger charge is -2.29. The van der Waals surface area contributed by atoms with Crippen LogP contribution in [0.3, 0.4) is 0 Å². The fourth-order valence-electron chi connectivity index (χ4n) is 2.88. The fraction of sp³-hybridized carbons (Fsp3) is 0.278. The lowest BCUT2D eigenvalue weighted by Crippen LogP contribution is -2.29. The van der Waals surface area contributed by atoms with Crippen LogP contribution in [-0.2, 0) is 6.42 Å². The van der Waals surface area contributed by atoms with Crippen LogP contribution in [0.1, 0.15) is 28.3 Å². The van der Waals surface area contributed by atoms with E-state index in [2.05, 4.69) is 42.2 Å². The second kappa shape index (κ2) is 5.53. The lowest BCUT2D eigenvalue weighted by molar-refractivity contribution is 0.591. The zero-order valence-electron chi connectivity index (χ0n) is 12.6. The van der Waals surface area contributed by atoms with Gasteiger partial charge in [0.2, 0.25) is 0 Å². The Morgan fingerprint density at radius 2 is 1.86 bits per heavy atom. The number of aryl methyl sites for hydroxylation is 1. The van der Waals surface area contributed by atoms with Crippen LogP contribution in [0.15, 0.2) is 47.5 Å². The van der Waals surface area contributed by atoms with E-state index in [0.717, 1.165) is 22.8 Å². The summed E-state index contributed by atoms with van der Waals surface area (Å²) in [5, 5.41) is 0.790. The van der Waals surface area contributed by atoms with Crippen molar-refractivity contribution in [2.75, 3.05) is 14.1 Å². The minimum Gasteiger partial charge on any atom is -0.366 e. The number of rotatable bonds is 1. The Bertz CT molecular complexity index is 684. The van der Waals surface area contributed by atoms with E-state index in [0.29, 0.717) is 0 Å². The van der Waals surface area contributed by atoms with Crippen LogP contribution in [-0.4, -0.2) is 24.8 Å². The molecular weight excluding hydrogens is 280 g/mol. The molecule has 0 bridgehead atoms. The molecule has 2 nitrogen and oxygen atoms in total. The van der Waals surface area contributed by atoms with E-state index in [1.807, 2.05) is 26.2 Å². The number of fused-ring (bicyclic) bond motifs is 1. The summed E-state index contributed by atoms with van der Waals surface area (Å²) in [6.45, 7) is 2.10. The molecule has 1 aliphatic rings. The number of benzene rings is 2. The molecule has 0 amide bonds. The van der Waals surface area contributed by atoms with E-state index >= 15 is 0 Å². The van der Waals surface area contributed by atoms with E-state index in [1.165, 1.54) is 16.7 Å². The molecule has 1 aliphatic heterocycles. The Balaban J connectivity index is 2.20. The maximum Gasteiger partial charge on any atom is 0.104 e. The van der Waals surface area contributed by atoms with Crippen molar-refractivity contribution in [2.24, 2.45) is 4.99 Å². The van der Waals surface area contributed by atoms with Crippen molar-refractivity contribution in [1.82, 2.24) is 4.90 Å². The summed E-state index contributed by atoms with van der Waals surface area (Å²) in [5.41, 5.74) is 4.90. The van der Waals surface area contributed by atoms with Crippen molar-refractivity contribution < 1.29 is 0 Å². The van der Waals surface area contributed by atoms with Crippen LogP contribution in [0.2, 0.25) is 5.02 Å². The van der Waals surface area contributed by atoms with Gasteiger partial charge in [-0.25, -0.2) is 0 Å². The zero-order valence-corrected chi connectivity index (χ0v) is 13.4. The summed E-state index contributed by atoms with van der Waals surface area (Å²) in [5.74, 6) is 1.10. The van der Waals surface area contributed by atoms with Crippen LogP contribution < -0.4 is 0 Å². The van der Waals surface area contributed by atoms with Gasteiger partial charge in [-0.3, -0.25) is 4.99 Å². The van der Waals surface area contributed by atoms with E-state index < -0.39 is 0 Å². The number of hydrogen-bond donors (Lipinski definition) is 0. The summed E-state index contributed by atoms with van der Waals surface area (Å²) >= 11 is 6.47. The van der Waals surface area contributed by atoms with E-state index in [9.17, 15) is 0 Å². The fourth-order valence-corrected chi connectivity index (χ4v) is 3.21. The monoisotopic (exact) mass is 298 g/mol. The first kappa shape index (κ1) is 14.2. The van der Waals surface area contributed by atoms with E-state index in [1.54, 1.807) is 0 Å². The summed E-state index contributed by atoms with van der Waals surface area (Å²) in [4.78, 5) is 7.07. The number of amidine groups is 1. The molecule has 3 rings (SSSR count). The lowest BCUT2D eigenvalue weighted by atomic mass is 9.88. The molecule has 2 aromatic rings. The summed E-state index contributed by atoms with van der Waals surface area (Å²) in [6.07, 6.45) is 0.878. The smallest absolute Gasteiger partial charge is 0.104 e. The normalized spacial score (nSPS) is 17.1. The highest BCUT2D eigenvalue weighted by atomic mass is 35.5. The highest BCUT2D eigenvalue weighted by Gasteiger charge is 2.26. The van der Waals surface area contributed by atoms with Gasteiger partial charge in [0.05, 0.1) is 0 Å². The van der Waals surface area contributed by atoms with Crippen LogP contribution in [0, 0.1) is 6.92 Å². The van der Waals surface area contributed by atoms with Gasteiger partial charge in [0, 0.05) is 31.1 Å². The Hall–Kier alpha value is -1.80. The second-order valence-electron chi connectivity index (χ2n) is 5.69.